The molecule has 0 heterocycles. The zero-order valence-corrected chi connectivity index (χ0v) is 15.5. The molecular formula is C18H31BrO2. The molecule has 3 atom stereocenters. The fourth-order valence-electron chi connectivity index (χ4n) is 4.42. The van der Waals surface area contributed by atoms with E-state index in [1.54, 1.807) is 0 Å². The maximum atomic E-state index is 12.1. The van der Waals surface area contributed by atoms with E-state index in [1.165, 1.54) is 32.1 Å². The van der Waals surface area contributed by atoms with Crippen molar-refractivity contribution in [2.45, 2.75) is 84.7 Å². The van der Waals surface area contributed by atoms with Crippen LogP contribution in [0, 0.1) is 16.7 Å². The Labute approximate surface area is 138 Å². The van der Waals surface area contributed by atoms with E-state index in [2.05, 4.69) is 36.7 Å². The normalized spacial score (nSPS) is 33.3. The molecule has 2 aliphatic rings. The van der Waals surface area contributed by atoms with E-state index < -0.39 is 0 Å². The van der Waals surface area contributed by atoms with Gasteiger partial charge in [-0.25, -0.2) is 0 Å². The topological polar surface area (TPSA) is 26.3 Å². The fraction of sp³-hybridized carbons (Fsp3) is 0.944. The van der Waals surface area contributed by atoms with Crippen molar-refractivity contribution in [1.29, 1.82) is 0 Å². The van der Waals surface area contributed by atoms with Crippen molar-refractivity contribution in [3.63, 3.8) is 0 Å². The maximum absolute atomic E-state index is 12.1. The van der Waals surface area contributed by atoms with Crippen molar-refractivity contribution in [1.82, 2.24) is 0 Å². The summed E-state index contributed by atoms with van der Waals surface area (Å²) >= 11 is 3.45. The molecule has 0 aliphatic heterocycles. The van der Waals surface area contributed by atoms with Crippen molar-refractivity contribution >= 4 is 21.9 Å². The van der Waals surface area contributed by atoms with Crippen LogP contribution in [0.1, 0.15) is 78.6 Å². The number of ether oxygens (including phenoxy) is 1. The maximum Gasteiger partial charge on any atom is 0.306 e. The fourth-order valence-corrected chi connectivity index (χ4v) is 4.82. The first-order chi connectivity index (χ1) is 9.91. The lowest BCUT2D eigenvalue weighted by atomic mass is 9.70. The van der Waals surface area contributed by atoms with Gasteiger partial charge >= 0.3 is 5.97 Å². The number of fused-ring (bicyclic) bond motifs is 2. The highest BCUT2D eigenvalue weighted by molar-refractivity contribution is 9.09. The minimum Gasteiger partial charge on any atom is -0.462 e. The van der Waals surface area contributed by atoms with Gasteiger partial charge in [-0.2, -0.15) is 0 Å². The van der Waals surface area contributed by atoms with Crippen LogP contribution in [0.5, 0.6) is 0 Å². The van der Waals surface area contributed by atoms with Gasteiger partial charge in [-0.3, -0.25) is 4.79 Å². The molecule has 0 amide bonds. The van der Waals surface area contributed by atoms with E-state index in [-0.39, 0.29) is 17.5 Å². The van der Waals surface area contributed by atoms with Crippen LogP contribution in [0.4, 0.5) is 0 Å². The van der Waals surface area contributed by atoms with E-state index in [0.717, 1.165) is 30.5 Å². The summed E-state index contributed by atoms with van der Waals surface area (Å²) in [5, 5.41) is 1.09. The third-order valence-corrected chi connectivity index (χ3v) is 7.06. The van der Waals surface area contributed by atoms with Gasteiger partial charge in [0.05, 0.1) is 0 Å². The molecule has 0 unspecified atom stereocenters. The highest BCUT2D eigenvalue weighted by Crippen LogP contribution is 2.66. The minimum absolute atomic E-state index is 0.0325. The highest BCUT2D eigenvalue weighted by Gasteiger charge is 2.62. The summed E-state index contributed by atoms with van der Waals surface area (Å²) in [5.74, 6) is 0.773. The Balaban J connectivity index is 1.70. The lowest BCUT2D eigenvalue weighted by Crippen LogP contribution is -2.38. The smallest absolute Gasteiger partial charge is 0.306 e. The molecule has 0 aromatic heterocycles. The quantitative estimate of drug-likeness (QED) is 0.326. The second-order valence-corrected chi connectivity index (χ2v) is 8.59. The van der Waals surface area contributed by atoms with Crippen molar-refractivity contribution in [3.05, 3.63) is 0 Å². The van der Waals surface area contributed by atoms with Gasteiger partial charge in [0, 0.05) is 17.2 Å². The molecule has 2 rings (SSSR count). The van der Waals surface area contributed by atoms with Crippen LogP contribution in [-0.2, 0) is 9.53 Å². The predicted octanol–water partition coefficient (Wildman–Crippen LogP) is 5.48. The summed E-state index contributed by atoms with van der Waals surface area (Å²) in [6.07, 6.45) is 10.2. The van der Waals surface area contributed by atoms with E-state index in [4.69, 9.17) is 4.74 Å². The van der Waals surface area contributed by atoms with Crippen LogP contribution in [-0.4, -0.2) is 17.4 Å². The molecule has 0 aromatic rings. The molecule has 3 heteroatoms. The Bertz CT molecular complexity index is 366. The van der Waals surface area contributed by atoms with Gasteiger partial charge in [0.1, 0.15) is 6.10 Å². The van der Waals surface area contributed by atoms with Crippen molar-refractivity contribution in [3.8, 4) is 0 Å². The first-order valence-corrected chi connectivity index (χ1v) is 9.79. The largest absolute Gasteiger partial charge is 0.462 e. The van der Waals surface area contributed by atoms with Crippen LogP contribution in [0.2, 0.25) is 0 Å². The standard InChI is InChI=1S/C18H31BrO2/c1-17(2)14-10-11-18(17,3)15(13-14)21-16(20)9-7-5-4-6-8-12-19/h14-15H,4-13H2,1-3H3/t14-,15+,18+/m0/s1. The van der Waals surface area contributed by atoms with Gasteiger partial charge < -0.3 is 4.74 Å². The molecule has 122 valence electrons. The third kappa shape index (κ3) is 3.48. The molecule has 0 radical (unpaired) electrons. The van der Waals surface area contributed by atoms with Crippen LogP contribution < -0.4 is 0 Å². The molecule has 2 aliphatic carbocycles. The van der Waals surface area contributed by atoms with Crippen molar-refractivity contribution in [2.24, 2.45) is 16.7 Å². The second kappa shape index (κ2) is 7.02. The number of hydrogen-bond donors (Lipinski definition) is 0. The molecule has 2 bridgehead atoms. The average molecular weight is 359 g/mol. The number of hydrogen-bond acceptors (Lipinski definition) is 2. The van der Waals surface area contributed by atoms with Gasteiger partial charge in [0.2, 0.25) is 0 Å². The number of rotatable bonds is 8. The monoisotopic (exact) mass is 358 g/mol. The van der Waals surface area contributed by atoms with E-state index in [0.29, 0.717) is 11.8 Å². The summed E-state index contributed by atoms with van der Waals surface area (Å²) in [6.45, 7) is 7.06. The summed E-state index contributed by atoms with van der Waals surface area (Å²) in [5.41, 5.74) is 0.525. The Morgan fingerprint density at radius 1 is 1.14 bits per heavy atom. The van der Waals surface area contributed by atoms with E-state index in [9.17, 15) is 4.79 Å². The molecular weight excluding hydrogens is 328 g/mol. The van der Waals surface area contributed by atoms with Crippen LogP contribution in [0.15, 0.2) is 0 Å². The summed E-state index contributed by atoms with van der Waals surface area (Å²) in [4.78, 5) is 12.1. The number of alkyl halides is 1. The van der Waals surface area contributed by atoms with Gasteiger partial charge in [-0.15, -0.1) is 0 Å². The number of carbonyl (C=O) groups excluding carboxylic acids is 1. The Morgan fingerprint density at radius 3 is 2.38 bits per heavy atom. The van der Waals surface area contributed by atoms with Crippen LogP contribution >= 0.6 is 15.9 Å². The van der Waals surface area contributed by atoms with Gasteiger partial charge in [0.25, 0.3) is 0 Å². The zero-order chi connectivity index (χ0) is 15.5. The molecule has 2 saturated carbocycles. The highest BCUT2D eigenvalue weighted by atomic mass is 79.9. The average Bonchev–Trinajstić information content (AvgIpc) is 2.76. The molecule has 21 heavy (non-hydrogen) atoms. The summed E-state index contributed by atoms with van der Waals surface area (Å²) in [6, 6.07) is 0. The summed E-state index contributed by atoms with van der Waals surface area (Å²) in [7, 11) is 0. The van der Waals surface area contributed by atoms with Crippen molar-refractivity contribution in [2.75, 3.05) is 5.33 Å². The number of halogens is 1. The molecule has 2 nitrogen and oxygen atoms in total. The van der Waals surface area contributed by atoms with Crippen molar-refractivity contribution < 1.29 is 9.53 Å². The lowest BCUT2D eigenvalue weighted by molar-refractivity contribution is -0.157. The Morgan fingerprint density at radius 2 is 1.81 bits per heavy atom. The van der Waals surface area contributed by atoms with Gasteiger partial charge in [0.15, 0.2) is 0 Å². The van der Waals surface area contributed by atoms with Crippen LogP contribution in [0.3, 0.4) is 0 Å². The minimum atomic E-state index is 0.0325. The number of esters is 1. The third-order valence-electron chi connectivity index (χ3n) is 6.50. The Hall–Kier alpha value is -0.0500. The molecule has 0 saturated heterocycles. The van der Waals surface area contributed by atoms with E-state index in [1.807, 2.05) is 0 Å². The van der Waals surface area contributed by atoms with Gasteiger partial charge in [-0.05, 0) is 43.4 Å². The van der Waals surface area contributed by atoms with Crippen LogP contribution in [0.25, 0.3) is 0 Å². The first-order valence-electron chi connectivity index (χ1n) is 8.67. The number of carbonyl (C=O) groups is 1. The molecule has 0 aromatic carbocycles. The molecule has 0 N–H and O–H groups in total. The van der Waals surface area contributed by atoms with E-state index >= 15 is 0 Å². The SMILES string of the molecule is CC1(C)[C@H]2CC[C@]1(C)[C@H](OC(=O)CCCCCCCBr)C2. The Kier molecular flexibility index (Phi) is 5.78. The molecule has 2 fully saturated rings. The zero-order valence-electron chi connectivity index (χ0n) is 13.9. The number of unbranched alkanes of at least 4 members (excludes halogenated alkanes) is 4. The van der Waals surface area contributed by atoms with Gasteiger partial charge in [-0.1, -0.05) is 56.0 Å². The lowest BCUT2D eigenvalue weighted by Gasteiger charge is -2.38. The molecule has 0 spiro atoms. The predicted molar refractivity (Wildman–Crippen MR) is 90.6 cm³/mol. The summed E-state index contributed by atoms with van der Waals surface area (Å²) < 4.78 is 5.87. The first kappa shape index (κ1) is 17.3. The second-order valence-electron chi connectivity index (χ2n) is 7.80.